The summed E-state index contributed by atoms with van der Waals surface area (Å²) in [6, 6.07) is 30.8. The third kappa shape index (κ3) is 1.86. The first-order valence-corrected chi connectivity index (χ1v) is 9.73. The molecule has 0 saturated carbocycles. The summed E-state index contributed by atoms with van der Waals surface area (Å²) in [7, 11) is 0. The van der Waals surface area contributed by atoms with E-state index in [2.05, 4.69) is 84.9 Å². The molecule has 0 spiro atoms. The van der Waals surface area contributed by atoms with Crippen LogP contribution in [0.5, 0.6) is 0 Å². The third-order valence-electron chi connectivity index (χ3n) is 6.21. The van der Waals surface area contributed by atoms with Crippen LogP contribution in [0.1, 0.15) is 11.1 Å². The predicted octanol–water partition coefficient (Wildman–Crippen LogP) is 7.46. The van der Waals surface area contributed by atoms with Crippen LogP contribution in [0.3, 0.4) is 0 Å². The zero-order valence-electron chi connectivity index (χ0n) is 15.2. The van der Waals surface area contributed by atoms with Gasteiger partial charge in [0.1, 0.15) is 11.2 Å². The Bertz CT molecular complexity index is 1580. The van der Waals surface area contributed by atoms with Crippen LogP contribution in [0.25, 0.3) is 54.6 Å². The summed E-state index contributed by atoms with van der Waals surface area (Å²) in [6.07, 6.45) is 0.977. The van der Waals surface area contributed by atoms with E-state index in [1.165, 1.54) is 54.6 Å². The van der Waals surface area contributed by atoms with E-state index in [4.69, 9.17) is 4.42 Å². The first-order chi connectivity index (χ1) is 13.8. The molecular formula is C27H16O. The van der Waals surface area contributed by atoms with Crippen LogP contribution in [-0.2, 0) is 6.42 Å². The molecule has 0 radical (unpaired) electrons. The number of rotatable bonds is 0. The molecule has 1 aliphatic carbocycles. The van der Waals surface area contributed by atoms with E-state index in [0.29, 0.717) is 0 Å². The molecule has 0 unspecified atom stereocenters. The summed E-state index contributed by atoms with van der Waals surface area (Å²) in [5.41, 5.74) is 7.45. The highest BCUT2D eigenvalue weighted by atomic mass is 16.3. The van der Waals surface area contributed by atoms with Gasteiger partial charge in [0.05, 0.1) is 0 Å². The fourth-order valence-corrected chi connectivity index (χ4v) is 4.84. The molecule has 0 saturated heterocycles. The van der Waals surface area contributed by atoms with Gasteiger partial charge in [0.15, 0.2) is 0 Å². The Kier molecular flexibility index (Phi) is 2.60. The summed E-state index contributed by atoms with van der Waals surface area (Å²) in [6.45, 7) is 0. The van der Waals surface area contributed by atoms with Crippen LogP contribution in [0.4, 0.5) is 0 Å². The highest BCUT2D eigenvalue weighted by Gasteiger charge is 2.21. The Balaban J connectivity index is 1.55. The Labute approximate surface area is 161 Å². The van der Waals surface area contributed by atoms with Crippen molar-refractivity contribution in [3.05, 3.63) is 96.1 Å². The summed E-state index contributed by atoms with van der Waals surface area (Å²) in [4.78, 5) is 0. The van der Waals surface area contributed by atoms with Gasteiger partial charge in [-0.3, -0.25) is 0 Å². The number of fused-ring (bicyclic) bond motifs is 8. The lowest BCUT2D eigenvalue weighted by Crippen LogP contribution is -1.81. The van der Waals surface area contributed by atoms with Gasteiger partial charge >= 0.3 is 0 Å². The fourth-order valence-electron chi connectivity index (χ4n) is 4.84. The Morgan fingerprint density at radius 1 is 0.500 bits per heavy atom. The van der Waals surface area contributed by atoms with E-state index in [-0.39, 0.29) is 0 Å². The lowest BCUT2D eigenvalue weighted by Gasteiger charge is -2.04. The van der Waals surface area contributed by atoms with Crippen LogP contribution in [0, 0.1) is 0 Å². The maximum atomic E-state index is 6.26. The first kappa shape index (κ1) is 14.5. The van der Waals surface area contributed by atoms with E-state index in [9.17, 15) is 0 Å². The Morgan fingerprint density at radius 3 is 1.82 bits per heavy atom. The molecule has 0 aliphatic heterocycles. The molecule has 0 N–H and O–H groups in total. The average molecular weight is 356 g/mol. The highest BCUT2D eigenvalue weighted by Crippen LogP contribution is 2.43. The minimum absolute atomic E-state index is 0.969. The number of benzene rings is 5. The third-order valence-corrected chi connectivity index (χ3v) is 6.21. The summed E-state index contributed by atoms with van der Waals surface area (Å²) in [5, 5.41) is 7.50. The second kappa shape index (κ2) is 5.02. The smallest absolute Gasteiger partial charge is 0.136 e. The molecule has 28 heavy (non-hydrogen) atoms. The number of furan rings is 1. The maximum absolute atomic E-state index is 6.26. The fraction of sp³-hybridized carbons (Fsp3) is 0.0370. The summed E-state index contributed by atoms with van der Waals surface area (Å²) in [5.74, 6) is 0. The van der Waals surface area contributed by atoms with E-state index in [0.717, 1.165) is 17.6 Å². The van der Waals surface area contributed by atoms with Crippen LogP contribution in [-0.4, -0.2) is 0 Å². The molecule has 130 valence electrons. The van der Waals surface area contributed by atoms with Crippen molar-refractivity contribution in [2.45, 2.75) is 6.42 Å². The van der Waals surface area contributed by atoms with Crippen molar-refractivity contribution < 1.29 is 4.42 Å². The van der Waals surface area contributed by atoms with Crippen LogP contribution in [0.2, 0.25) is 0 Å². The van der Waals surface area contributed by atoms with Crippen molar-refractivity contribution in [1.82, 2.24) is 0 Å². The van der Waals surface area contributed by atoms with Crippen LogP contribution >= 0.6 is 0 Å². The van der Waals surface area contributed by atoms with Crippen LogP contribution in [0.15, 0.2) is 89.3 Å². The summed E-state index contributed by atoms with van der Waals surface area (Å²) >= 11 is 0. The zero-order valence-corrected chi connectivity index (χ0v) is 15.2. The van der Waals surface area contributed by atoms with Gasteiger partial charge in [-0.15, -0.1) is 0 Å². The van der Waals surface area contributed by atoms with Crippen LogP contribution < -0.4 is 0 Å². The largest absolute Gasteiger partial charge is 0.456 e. The van der Waals surface area contributed by atoms with Gasteiger partial charge in [-0.1, -0.05) is 54.6 Å². The lowest BCUT2D eigenvalue weighted by molar-refractivity contribution is 0.669. The van der Waals surface area contributed by atoms with Crippen molar-refractivity contribution in [2.75, 3.05) is 0 Å². The SMILES string of the molecule is c1ccc2cc3c(cc2c1)Cc1cc2oc4cc5ccccc5cc4c2cc1-3. The minimum Gasteiger partial charge on any atom is -0.456 e. The standard InChI is InChI=1S/C27H16O/c1-2-6-17-11-22-20(9-16(17)5-1)10-21-14-27-25(15-23(21)22)24-12-18-7-3-4-8-19(18)13-26(24)28-27/h1-9,11-15H,10H2. The van der Waals surface area contributed by atoms with E-state index in [1.807, 2.05) is 0 Å². The van der Waals surface area contributed by atoms with Gasteiger partial charge < -0.3 is 4.42 Å². The molecule has 5 aromatic carbocycles. The Hall–Kier alpha value is -3.58. The molecule has 1 nitrogen and oxygen atoms in total. The second-order valence-corrected chi connectivity index (χ2v) is 7.84. The summed E-state index contributed by atoms with van der Waals surface area (Å²) < 4.78 is 6.26. The molecule has 0 bridgehead atoms. The van der Waals surface area contributed by atoms with Gasteiger partial charge in [0.2, 0.25) is 0 Å². The quantitative estimate of drug-likeness (QED) is 0.275. The number of hydrogen-bond donors (Lipinski definition) is 0. The monoisotopic (exact) mass is 356 g/mol. The topological polar surface area (TPSA) is 13.1 Å². The second-order valence-electron chi connectivity index (χ2n) is 7.84. The van der Waals surface area contributed by atoms with Gasteiger partial charge in [0, 0.05) is 10.8 Å². The van der Waals surface area contributed by atoms with E-state index < -0.39 is 0 Å². The molecule has 6 aromatic rings. The molecule has 1 heterocycles. The molecule has 1 aromatic heterocycles. The van der Waals surface area contributed by atoms with E-state index >= 15 is 0 Å². The maximum Gasteiger partial charge on any atom is 0.136 e. The predicted molar refractivity (Wildman–Crippen MR) is 117 cm³/mol. The molecule has 1 heteroatoms. The van der Waals surface area contributed by atoms with E-state index in [1.54, 1.807) is 0 Å². The van der Waals surface area contributed by atoms with Crippen molar-refractivity contribution in [3.63, 3.8) is 0 Å². The molecule has 0 fully saturated rings. The lowest BCUT2D eigenvalue weighted by atomic mass is 9.99. The van der Waals surface area contributed by atoms with Crippen molar-refractivity contribution >= 4 is 43.5 Å². The van der Waals surface area contributed by atoms with Gasteiger partial charge in [-0.25, -0.2) is 0 Å². The normalized spacial score (nSPS) is 12.9. The zero-order chi connectivity index (χ0) is 18.2. The Morgan fingerprint density at radius 2 is 1.04 bits per heavy atom. The van der Waals surface area contributed by atoms with Gasteiger partial charge in [0.25, 0.3) is 0 Å². The molecule has 7 rings (SSSR count). The molecule has 1 aliphatic rings. The van der Waals surface area contributed by atoms with Gasteiger partial charge in [-0.05, 0) is 80.6 Å². The van der Waals surface area contributed by atoms with Gasteiger partial charge in [-0.2, -0.15) is 0 Å². The first-order valence-electron chi connectivity index (χ1n) is 9.73. The highest BCUT2D eigenvalue weighted by molar-refractivity contribution is 6.11. The molecular weight excluding hydrogens is 340 g/mol. The van der Waals surface area contributed by atoms with Crippen molar-refractivity contribution in [2.24, 2.45) is 0 Å². The van der Waals surface area contributed by atoms with Crippen molar-refractivity contribution in [3.8, 4) is 11.1 Å². The molecule has 0 amide bonds. The van der Waals surface area contributed by atoms with Crippen molar-refractivity contribution in [1.29, 1.82) is 0 Å². The average Bonchev–Trinajstić information content (AvgIpc) is 3.25. The molecule has 0 atom stereocenters. The minimum atomic E-state index is 0.969. The number of hydrogen-bond acceptors (Lipinski definition) is 1.